The number of halogens is 1. The highest BCUT2D eigenvalue weighted by Gasteiger charge is 2.11. The zero-order chi connectivity index (χ0) is 14.5. The molecule has 1 aromatic heterocycles. The Morgan fingerprint density at radius 2 is 1.95 bits per heavy atom. The van der Waals surface area contributed by atoms with E-state index in [2.05, 4.69) is 63.2 Å². The van der Waals surface area contributed by atoms with E-state index in [1.165, 1.54) is 11.3 Å². The van der Waals surface area contributed by atoms with E-state index in [1.54, 1.807) is 0 Å². The SMILES string of the molecule is CC(N)c1cc(Br)ccc1N(C)CCc1ccncc1. The maximum atomic E-state index is 6.07. The first-order chi connectivity index (χ1) is 9.58. The lowest BCUT2D eigenvalue weighted by Crippen LogP contribution is -2.23. The second kappa shape index (κ2) is 6.86. The van der Waals surface area contributed by atoms with Crippen LogP contribution in [-0.4, -0.2) is 18.6 Å². The van der Waals surface area contributed by atoms with Crippen LogP contribution in [0.3, 0.4) is 0 Å². The first-order valence-electron chi connectivity index (χ1n) is 6.73. The fraction of sp³-hybridized carbons (Fsp3) is 0.312. The molecule has 2 aromatic rings. The number of hydrogen-bond acceptors (Lipinski definition) is 3. The molecular formula is C16H20BrN3. The van der Waals surface area contributed by atoms with E-state index in [-0.39, 0.29) is 6.04 Å². The molecule has 0 aliphatic heterocycles. The number of likely N-dealkylation sites (N-methyl/N-ethyl adjacent to an activating group) is 1. The van der Waals surface area contributed by atoms with Crippen molar-refractivity contribution in [2.45, 2.75) is 19.4 Å². The van der Waals surface area contributed by atoms with Gasteiger partial charge in [-0.15, -0.1) is 0 Å². The zero-order valence-corrected chi connectivity index (χ0v) is 13.5. The predicted octanol–water partition coefficient (Wildman–Crippen LogP) is 3.54. The van der Waals surface area contributed by atoms with Gasteiger partial charge in [-0.05, 0) is 54.8 Å². The van der Waals surface area contributed by atoms with E-state index in [1.807, 2.05) is 19.3 Å². The second-order valence-corrected chi connectivity index (χ2v) is 5.93. The van der Waals surface area contributed by atoms with Crippen LogP contribution in [-0.2, 0) is 6.42 Å². The average Bonchev–Trinajstić information content (AvgIpc) is 2.45. The first-order valence-corrected chi connectivity index (χ1v) is 7.52. The maximum absolute atomic E-state index is 6.07. The first kappa shape index (κ1) is 15.0. The molecule has 0 fully saturated rings. The Hall–Kier alpha value is -1.39. The van der Waals surface area contributed by atoms with Crippen LogP contribution >= 0.6 is 15.9 Å². The number of nitrogens with zero attached hydrogens (tertiary/aromatic N) is 2. The molecule has 1 heterocycles. The van der Waals surface area contributed by atoms with Crippen LogP contribution in [0.25, 0.3) is 0 Å². The summed E-state index contributed by atoms with van der Waals surface area (Å²) in [5, 5.41) is 0. The molecule has 1 unspecified atom stereocenters. The van der Waals surface area contributed by atoms with Crippen LogP contribution in [0.15, 0.2) is 47.2 Å². The van der Waals surface area contributed by atoms with Crippen LogP contribution < -0.4 is 10.6 Å². The minimum atomic E-state index is 0.0193. The molecule has 1 atom stereocenters. The quantitative estimate of drug-likeness (QED) is 0.909. The van der Waals surface area contributed by atoms with Crippen molar-refractivity contribution in [2.24, 2.45) is 5.73 Å². The molecule has 0 aliphatic carbocycles. The van der Waals surface area contributed by atoms with Gasteiger partial charge in [-0.1, -0.05) is 15.9 Å². The Bertz CT molecular complexity index is 555. The lowest BCUT2D eigenvalue weighted by molar-refractivity contribution is 0.796. The summed E-state index contributed by atoms with van der Waals surface area (Å²) in [6.07, 6.45) is 4.66. The Morgan fingerprint density at radius 1 is 1.25 bits per heavy atom. The molecule has 2 N–H and O–H groups in total. The topological polar surface area (TPSA) is 42.1 Å². The van der Waals surface area contributed by atoms with Gasteiger partial charge in [0.05, 0.1) is 0 Å². The second-order valence-electron chi connectivity index (χ2n) is 5.02. The standard InChI is InChI=1S/C16H20BrN3/c1-12(18)15-11-14(17)3-4-16(15)20(2)10-7-13-5-8-19-9-6-13/h3-6,8-9,11-12H,7,10,18H2,1-2H3. The minimum absolute atomic E-state index is 0.0193. The van der Waals surface area contributed by atoms with Gasteiger partial charge in [0.2, 0.25) is 0 Å². The molecule has 0 bridgehead atoms. The molecule has 0 aliphatic rings. The van der Waals surface area contributed by atoms with Crippen molar-refractivity contribution in [1.82, 2.24) is 4.98 Å². The molecule has 1 aromatic carbocycles. The largest absolute Gasteiger partial charge is 0.374 e. The van der Waals surface area contributed by atoms with Gasteiger partial charge in [0.15, 0.2) is 0 Å². The molecule has 0 radical (unpaired) electrons. The third kappa shape index (κ3) is 3.81. The Morgan fingerprint density at radius 3 is 2.60 bits per heavy atom. The summed E-state index contributed by atoms with van der Waals surface area (Å²) >= 11 is 3.51. The smallest absolute Gasteiger partial charge is 0.0412 e. The fourth-order valence-corrected chi connectivity index (χ4v) is 2.58. The van der Waals surface area contributed by atoms with E-state index in [0.717, 1.165) is 23.0 Å². The number of anilines is 1. The van der Waals surface area contributed by atoms with E-state index in [4.69, 9.17) is 5.73 Å². The lowest BCUT2D eigenvalue weighted by atomic mass is 10.1. The van der Waals surface area contributed by atoms with Gasteiger partial charge in [-0.25, -0.2) is 0 Å². The van der Waals surface area contributed by atoms with Gasteiger partial charge in [0, 0.05) is 42.2 Å². The molecule has 0 spiro atoms. The Kier molecular flexibility index (Phi) is 5.15. The van der Waals surface area contributed by atoms with Crippen molar-refractivity contribution in [2.75, 3.05) is 18.5 Å². The van der Waals surface area contributed by atoms with Gasteiger partial charge < -0.3 is 10.6 Å². The summed E-state index contributed by atoms with van der Waals surface area (Å²) in [5.74, 6) is 0. The average molecular weight is 334 g/mol. The van der Waals surface area contributed by atoms with Gasteiger partial charge in [0.25, 0.3) is 0 Å². The van der Waals surface area contributed by atoms with Gasteiger partial charge in [0.1, 0.15) is 0 Å². The van der Waals surface area contributed by atoms with Crippen molar-refractivity contribution in [3.8, 4) is 0 Å². The highest BCUT2D eigenvalue weighted by molar-refractivity contribution is 9.10. The molecule has 106 valence electrons. The number of benzene rings is 1. The van der Waals surface area contributed by atoms with Crippen LogP contribution in [0.1, 0.15) is 24.1 Å². The van der Waals surface area contributed by atoms with E-state index in [0.29, 0.717) is 0 Å². The molecule has 2 rings (SSSR count). The van der Waals surface area contributed by atoms with Crippen LogP contribution in [0.2, 0.25) is 0 Å². The number of rotatable bonds is 5. The maximum Gasteiger partial charge on any atom is 0.0412 e. The summed E-state index contributed by atoms with van der Waals surface area (Å²) in [6, 6.07) is 10.4. The number of nitrogens with two attached hydrogens (primary N) is 1. The van der Waals surface area contributed by atoms with Crippen molar-refractivity contribution in [1.29, 1.82) is 0 Å². The number of aromatic nitrogens is 1. The molecule has 20 heavy (non-hydrogen) atoms. The molecule has 0 amide bonds. The molecule has 0 saturated carbocycles. The van der Waals surface area contributed by atoms with Crippen molar-refractivity contribution < 1.29 is 0 Å². The third-order valence-corrected chi connectivity index (χ3v) is 3.87. The zero-order valence-electron chi connectivity index (χ0n) is 11.9. The van der Waals surface area contributed by atoms with Gasteiger partial charge in [-0.2, -0.15) is 0 Å². The normalized spacial score (nSPS) is 12.2. The summed E-state index contributed by atoms with van der Waals surface area (Å²) in [5.41, 5.74) is 9.73. The summed E-state index contributed by atoms with van der Waals surface area (Å²) < 4.78 is 1.07. The van der Waals surface area contributed by atoms with E-state index in [9.17, 15) is 0 Å². The minimum Gasteiger partial charge on any atom is -0.374 e. The van der Waals surface area contributed by atoms with E-state index >= 15 is 0 Å². The Balaban J connectivity index is 2.11. The number of hydrogen-bond donors (Lipinski definition) is 1. The van der Waals surface area contributed by atoms with Crippen molar-refractivity contribution in [3.05, 3.63) is 58.3 Å². The molecular weight excluding hydrogens is 314 g/mol. The van der Waals surface area contributed by atoms with Crippen LogP contribution in [0.5, 0.6) is 0 Å². The highest BCUT2D eigenvalue weighted by atomic mass is 79.9. The van der Waals surface area contributed by atoms with Crippen molar-refractivity contribution in [3.63, 3.8) is 0 Å². The van der Waals surface area contributed by atoms with Crippen LogP contribution in [0, 0.1) is 0 Å². The van der Waals surface area contributed by atoms with Gasteiger partial charge >= 0.3 is 0 Å². The lowest BCUT2D eigenvalue weighted by Gasteiger charge is -2.24. The molecule has 0 saturated heterocycles. The Labute approximate surface area is 129 Å². The molecule has 3 nitrogen and oxygen atoms in total. The van der Waals surface area contributed by atoms with Crippen LogP contribution in [0.4, 0.5) is 5.69 Å². The predicted molar refractivity (Wildman–Crippen MR) is 88.0 cm³/mol. The van der Waals surface area contributed by atoms with E-state index < -0.39 is 0 Å². The fourth-order valence-electron chi connectivity index (χ4n) is 2.20. The highest BCUT2D eigenvalue weighted by Crippen LogP contribution is 2.28. The monoisotopic (exact) mass is 333 g/mol. The summed E-state index contributed by atoms with van der Waals surface area (Å²) in [6.45, 7) is 2.97. The summed E-state index contributed by atoms with van der Waals surface area (Å²) in [4.78, 5) is 6.30. The van der Waals surface area contributed by atoms with Gasteiger partial charge in [-0.3, -0.25) is 4.98 Å². The number of pyridine rings is 1. The molecule has 4 heteroatoms. The third-order valence-electron chi connectivity index (χ3n) is 3.38. The van der Waals surface area contributed by atoms with Crippen molar-refractivity contribution >= 4 is 21.6 Å². The summed E-state index contributed by atoms with van der Waals surface area (Å²) in [7, 11) is 2.11.